The van der Waals surface area contributed by atoms with E-state index in [0.717, 1.165) is 5.56 Å². The quantitative estimate of drug-likeness (QED) is 0.408. The number of rotatable bonds is 8. The van der Waals surface area contributed by atoms with Crippen molar-refractivity contribution in [2.24, 2.45) is 0 Å². The zero-order valence-electron chi connectivity index (χ0n) is 14.8. The Morgan fingerprint density at radius 1 is 0.960 bits per heavy atom. The molecule has 0 saturated heterocycles. The van der Waals surface area contributed by atoms with Gasteiger partial charge in [0, 0.05) is 12.2 Å². The monoisotopic (exact) mass is 346 g/mol. The molecule has 0 aliphatic rings. The molecular formula is C19H22O6. The number of hydrogen-bond donors (Lipinski definition) is 0. The molecule has 0 aliphatic heterocycles. The number of benzene rings is 1. The minimum absolute atomic E-state index is 0.131. The lowest BCUT2D eigenvalue weighted by atomic mass is 10.1. The van der Waals surface area contributed by atoms with Gasteiger partial charge < -0.3 is 18.9 Å². The van der Waals surface area contributed by atoms with Gasteiger partial charge in [-0.05, 0) is 37.6 Å². The average molecular weight is 346 g/mol. The van der Waals surface area contributed by atoms with Crippen LogP contribution in [0.25, 0.3) is 6.08 Å². The lowest BCUT2D eigenvalue weighted by Gasteiger charge is -2.13. The summed E-state index contributed by atoms with van der Waals surface area (Å²) in [4.78, 5) is 22.9. The van der Waals surface area contributed by atoms with Crippen LogP contribution in [0.3, 0.4) is 0 Å². The van der Waals surface area contributed by atoms with Crippen molar-refractivity contribution in [3.63, 3.8) is 0 Å². The van der Waals surface area contributed by atoms with Crippen molar-refractivity contribution in [1.29, 1.82) is 0 Å². The number of ether oxygens (including phenoxy) is 4. The van der Waals surface area contributed by atoms with Gasteiger partial charge in [-0.1, -0.05) is 18.2 Å². The maximum absolute atomic E-state index is 11.7. The van der Waals surface area contributed by atoms with Crippen molar-refractivity contribution >= 4 is 18.0 Å². The molecule has 0 spiro atoms. The van der Waals surface area contributed by atoms with Crippen molar-refractivity contribution in [2.75, 3.05) is 20.8 Å². The lowest BCUT2D eigenvalue weighted by Crippen LogP contribution is -2.06. The predicted molar refractivity (Wildman–Crippen MR) is 94.8 cm³/mol. The Morgan fingerprint density at radius 3 is 2.04 bits per heavy atom. The van der Waals surface area contributed by atoms with Crippen molar-refractivity contribution in [2.45, 2.75) is 13.8 Å². The molecule has 0 amide bonds. The second kappa shape index (κ2) is 10.7. The summed E-state index contributed by atoms with van der Waals surface area (Å²) in [6, 6.07) is 3.37. The van der Waals surface area contributed by atoms with Gasteiger partial charge in [-0.2, -0.15) is 0 Å². The van der Waals surface area contributed by atoms with Crippen molar-refractivity contribution in [3.8, 4) is 17.2 Å². The second-order valence-electron chi connectivity index (χ2n) is 4.71. The van der Waals surface area contributed by atoms with E-state index in [2.05, 4.69) is 0 Å². The van der Waals surface area contributed by atoms with E-state index >= 15 is 0 Å². The summed E-state index contributed by atoms with van der Waals surface area (Å²) in [5, 5.41) is 0. The number of methoxy groups -OCH3 is 2. The molecule has 0 fully saturated rings. The molecule has 6 heteroatoms. The molecule has 1 aromatic rings. The molecule has 134 valence electrons. The standard InChI is InChI=1S/C19H22O6/c1-5-8-17(20)24-11-7-10-14-12-15(22-3)19(16(13-14)23-4)25-18(21)9-6-2/h5-10,12-13H,11H2,1-4H3/b8-5-,9-6-,10-7+. The summed E-state index contributed by atoms with van der Waals surface area (Å²) in [5.41, 5.74) is 0.738. The Balaban J connectivity index is 2.96. The molecule has 0 aliphatic carbocycles. The Bertz CT molecular complexity index is 660. The molecule has 0 N–H and O–H groups in total. The van der Waals surface area contributed by atoms with Gasteiger partial charge in [0.05, 0.1) is 14.2 Å². The average Bonchev–Trinajstić information content (AvgIpc) is 2.59. The third-order valence-corrected chi connectivity index (χ3v) is 2.92. The molecule has 0 atom stereocenters. The first-order valence-corrected chi connectivity index (χ1v) is 7.62. The fourth-order valence-electron chi connectivity index (χ4n) is 1.87. The molecular weight excluding hydrogens is 324 g/mol. The van der Waals surface area contributed by atoms with Gasteiger partial charge in [-0.15, -0.1) is 0 Å². The summed E-state index contributed by atoms with van der Waals surface area (Å²) in [6.07, 6.45) is 9.25. The van der Waals surface area contributed by atoms with Crippen molar-refractivity contribution < 1.29 is 28.5 Å². The van der Waals surface area contributed by atoms with E-state index in [-0.39, 0.29) is 12.4 Å². The van der Waals surface area contributed by atoms with Crippen LogP contribution in [0, 0.1) is 0 Å². The number of carbonyl (C=O) groups is 2. The van der Waals surface area contributed by atoms with Crippen molar-refractivity contribution in [1.82, 2.24) is 0 Å². The maximum Gasteiger partial charge on any atom is 0.336 e. The molecule has 1 rings (SSSR count). The first-order valence-electron chi connectivity index (χ1n) is 7.62. The van der Waals surface area contributed by atoms with Gasteiger partial charge in [0.1, 0.15) is 6.61 Å². The molecule has 6 nitrogen and oxygen atoms in total. The molecule has 0 heterocycles. The molecule has 0 aromatic heterocycles. The van der Waals surface area contributed by atoms with E-state index in [1.165, 1.54) is 26.4 Å². The summed E-state index contributed by atoms with van der Waals surface area (Å²) < 4.78 is 20.8. The summed E-state index contributed by atoms with van der Waals surface area (Å²) >= 11 is 0. The Labute approximate surface area is 147 Å². The molecule has 1 aromatic carbocycles. The highest BCUT2D eigenvalue weighted by Crippen LogP contribution is 2.39. The van der Waals surface area contributed by atoms with Crippen LogP contribution in [0.1, 0.15) is 19.4 Å². The van der Waals surface area contributed by atoms with Crippen LogP contribution in [-0.2, 0) is 14.3 Å². The Hall–Kier alpha value is -3.02. The van der Waals surface area contributed by atoms with Crippen molar-refractivity contribution in [3.05, 3.63) is 48.1 Å². The number of esters is 2. The highest BCUT2D eigenvalue weighted by Gasteiger charge is 2.16. The van der Waals surface area contributed by atoms with Crippen LogP contribution in [0.15, 0.2) is 42.5 Å². The molecule has 0 radical (unpaired) electrons. The number of carbonyl (C=O) groups excluding carboxylic acids is 2. The van der Waals surface area contributed by atoms with E-state index in [1.54, 1.807) is 50.3 Å². The van der Waals surface area contributed by atoms with E-state index < -0.39 is 11.9 Å². The highest BCUT2D eigenvalue weighted by atomic mass is 16.6. The van der Waals surface area contributed by atoms with Crippen LogP contribution in [-0.4, -0.2) is 32.8 Å². The number of hydrogen-bond acceptors (Lipinski definition) is 6. The molecule has 0 saturated carbocycles. The van der Waals surface area contributed by atoms with Crippen LogP contribution in [0.4, 0.5) is 0 Å². The van der Waals surface area contributed by atoms with Gasteiger partial charge in [-0.3, -0.25) is 0 Å². The smallest absolute Gasteiger partial charge is 0.336 e. The zero-order valence-corrected chi connectivity index (χ0v) is 14.8. The maximum atomic E-state index is 11.7. The predicted octanol–water partition coefficient (Wildman–Crippen LogP) is 3.32. The summed E-state index contributed by atoms with van der Waals surface area (Å²) in [7, 11) is 2.93. The highest BCUT2D eigenvalue weighted by molar-refractivity contribution is 5.85. The van der Waals surface area contributed by atoms with E-state index in [9.17, 15) is 9.59 Å². The SMILES string of the molecule is C/C=C\C(=O)OC/C=C/c1cc(OC)c(OC(=O)/C=C\C)c(OC)c1. The van der Waals surface area contributed by atoms with E-state index in [1.807, 2.05) is 0 Å². The van der Waals surface area contributed by atoms with E-state index in [4.69, 9.17) is 18.9 Å². The summed E-state index contributed by atoms with van der Waals surface area (Å²) in [6.45, 7) is 3.58. The first-order chi connectivity index (χ1) is 12.0. The lowest BCUT2D eigenvalue weighted by molar-refractivity contribution is -0.136. The Morgan fingerprint density at radius 2 is 1.52 bits per heavy atom. The summed E-state index contributed by atoms with van der Waals surface area (Å²) in [5.74, 6) is -0.0397. The van der Waals surface area contributed by atoms with Crippen LogP contribution in [0.2, 0.25) is 0 Å². The third kappa shape index (κ3) is 6.55. The second-order valence-corrected chi connectivity index (χ2v) is 4.71. The zero-order chi connectivity index (χ0) is 18.7. The minimum Gasteiger partial charge on any atom is -0.493 e. The fraction of sp³-hybridized carbons (Fsp3) is 0.263. The molecule has 0 bridgehead atoms. The molecule has 25 heavy (non-hydrogen) atoms. The largest absolute Gasteiger partial charge is 0.493 e. The third-order valence-electron chi connectivity index (χ3n) is 2.92. The van der Waals surface area contributed by atoms with E-state index in [0.29, 0.717) is 11.5 Å². The Kier molecular flexibility index (Phi) is 8.57. The van der Waals surface area contributed by atoms with Gasteiger partial charge in [0.15, 0.2) is 11.5 Å². The van der Waals surface area contributed by atoms with Gasteiger partial charge in [0.25, 0.3) is 0 Å². The van der Waals surface area contributed by atoms with Crippen LogP contribution < -0.4 is 14.2 Å². The minimum atomic E-state index is -0.529. The normalized spacial score (nSPS) is 11.2. The molecule has 0 unspecified atom stereocenters. The van der Waals surface area contributed by atoms with Gasteiger partial charge >= 0.3 is 11.9 Å². The fourth-order valence-corrected chi connectivity index (χ4v) is 1.87. The number of allylic oxidation sites excluding steroid dienone is 2. The van der Waals surface area contributed by atoms with Gasteiger partial charge in [0.2, 0.25) is 5.75 Å². The van der Waals surface area contributed by atoms with Crippen LogP contribution >= 0.6 is 0 Å². The van der Waals surface area contributed by atoms with Crippen LogP contribution in [0.5, 0.6) is 17.2 Å². The topological polar surface area (TPSA) is 71.1 Å². The first kappa shape index (κ1) is 20.0. The van der Waals surface area contributed by atoms with Gasteiger partial charge in [-0.25, -0.2) is 9.59 Å².